The van der Waals surface area contributed by atoms with Crippen molar-refractivity contribution in [2.75, 3.05) is 7.05 Å². The third kappa shape index (κ3) is 3.60. The molecule has 2 atom stereocenters. The van der Waals surface area contributed by atoms with Crippen molar-refractivity contribution in [1.82, 2.24) is 5.32 Å². The summed E-state index contributed by atoms with van der Waals surface area (Å²) in [5.41, 5.74) is 5.95. The van der Waals surface area contributed by atoms with E-state index >= 15 is 0 Å². The Labute approximate surface area is 118 Å². The van der Waals surface area contributed by atoms with Gasteiger partial charge in [-0.15, -0.1) is 0 Å². The SMILES string of the molecule is CNC1CCCCCC1Cc1c(C)cc(C)cc1C. The number of rotatable bonds is 3. The first-order valence-corrected chi connectivity index (χ1v) is 7.86. The van der Waals surface area contributed by atoms with E-state index in [4.69, 9.17) is 0 Å². The van der Waals surface area contributed by atoms with Gasteiger partial charge in [-0.25, -0.2) is 0 Å². The third-order valence-corrected chi connectivity index (χ3v) is 4.84. The molecule has 106 valence electrons. The van der Waals surface area contributed by atoms with Crippen molar-refractivity contribution in [2.45, 2.75) is 65.3 Å². The van der Waals surface area contributed by atoms with Gasteiger partial charge >= 0.3 is 0 Å². The Balaban J connectivity index is 2.19. The summed E-state index contributed by atoms with van der Waals surface area (Å²) in [6, 6.07) is 5.39. The quantitative estimate of drug-likeness (QED) is 0.797. The highest BCUT2D eigenvalue weighted by Gasteiger charge is 2.23. The van der Waals surface area contributed by atoms with E-state index in [1.807, 2.05) is 0 Å². The molecule has 19 heavy (non-hydrogen) atoms. The molecule has 2 unspecified atom stereocenters. The van der Waals surface area contributed by atoms with Gasteiger partial charge in [0.05, 0.1) is 0 Å². The molecule has 1 heteroatoms. The number of hydrogen-bond acceptors (Lipinski definition) is 1. The van der Waals surface area contributed by atoms with Gasteiger partial charge in [0.1, 0.15) is 0 Å². The number of aryl methyl sites for hydroxylation is 3. The zero-order chi connectivity index (χ0) is 13.8. The van der Waals surface area contributed by atoms with Gasteiger partial charge in [0.2, 0.25) is 0 Å². The van der Waals surface area contributed by atoms with Gasteiger partial charge in [-0.05, 0) is 69.7 Å². The van der Waals surface area contributed by atoms with Crippen LogP contribution in [0.15, 0.2) is 12.1 Å². The van der Waals surface area contributed by atoms with E-state index in [0.29, 0.717) is 6.04 Å². The van der Waals surface area contributed by atoms with E-state index in [2.05, 4.69) is 45.3 Å². The lowest BCUT2D eigenvalue weighted by Gasteiger charge is -2.26. The summed E-state index contributed by atoms with van der Waals surface area (Å²) < 4.78 is 0. The summed E-state index contributed by atoms with van der Waals surface area (Å²) in [7, 11) is 2.14. The average Bonchev–Trinajstić information content (AvgIpc) is 2.58. The molecule has 1 fully saturated rings. The molecule has 1 saturated carbocycles. The molecule has 0 spiro atoms. The number of nitrogens with one attached hydrogen (secondary N) is 1. The fraction of sp³-hybridized carbons (Fsp3) is 0.667. The number of benzene rings is 1. The van der Waals surface area contributed by atoms with Crippen LogP contribution >= 0.6 is 0 Å². The maximum absolute atomic E-state index is 3.56. The van der Waals surface area contributed by atoms with Crippen molar-refractivity contribution < 1.29 is 0 Å². The van der Waals surface area contributed by atoms with Crippen LogP contribution in [0.3, 0.4) is 0 Å². The second-order valence-electron chi connectivity index (χ2n) is 6.37. The molecule has 1 N–H and O–H groups in total. The second kappa shape index (κ2) is 6.56. The molecule has 0 bridgehead atoms. The molecule has 0 aromatic heterocycles. The first-order chi connectivity index (χ1) is 9.11. The summed E-state index contributed by atoms with van der Waals surface area (Å²) in [6.07, 6.45) is 8.22. The predicted octanol–water partition coefficient (Wildman–Crippen LogP) is 4.32. The second-order valence-corrected chi connectivity index (χ2v) is 6.37. The van der Waals surface area contributed by atoms with E-state index in [9.17, 15) is 0 Å². The molecule has 1 aromatic carbocycles. The number of hydrogen-bond donors (Lipinski definition) is 1. The molecule has 0 aliphatic heterocycles. The molecular formula is C18H29N. The lowest BCUT2D eigenvalue weighted by molar-refractivity contribution is 0.349. The molecule has 1 nitrogen and oxygen atoms in total. The molecule has 0 saturated heterocycles. The third-order valence-electron chi connectivity index (χ3n) is 4.84. The average molecular weight is 259 g/mol. The maximum Gasteiger partial charge on any atom is 0.00955 e. The van der Waals surface area contributed by atoms with Crippen LogP contribution in [-0.2, 0) is 6.42 Å². The summed E-state index contributed by atoms with van der Waals surface area (Å²) in [5, 5.41) is 3.56. The largest absolute Gasteiger partial charge is 0.317 e. The van der Waals surface area contributed by atoms with Crippen molar-refractivity contribution >= 4 is 0 Å². The summed E-state index contributed by atoms with van der Waals surface area (Å²) in [4.78, 5) is 0. The fourth-order valence-electron chi connectivity index (χ4n) is 3.80. The topological polar surface area (TPSA) is 12.0 Å². The Hall–Kier alpha value is -0.820. The van der Waals surface area contributed by atoms with Gasteiger partial charge in [0.15, 0.2) is 0 Å². The maximum atomic E-state index is 3.56. The van der Waals surface area contributed by atoms with Crippen molar-refractivity contribution in [1.29, 1.82) is 0 Å². The van der Waals surface area contributed by atoms with Crippen molar-refractivity contribution in [2.24, 2.45) is 5.92 Å². The van der Waals surface area contributed by atoms with Gasteiger partial charge in [-0.3, -0.25) is 0 Å². The summed E-state index contributed by atoms with van der Waals surface area (Å²) >= 11 is 0. The molecule has 0 radical (unpaired) electrons. The first-order valence-electron chi connectivity index (χ1n) is 7.86. The van der Waals surface area contributed by atoms with Gasteiger partial charge in [-0.1, -0.05) is 37.0 Å². The Bertz CT molecular complexity index is 399. The summed E-state index contributed by atoms with van der Waals surface area (Å²) in [6.45, 7) is 6.76. The van der Waals surface area contributed by atoms with Crippen LogP contribution in [-0.4, -0.2) is 13.1 Å². The van der Waals surface area contributed by atoms with E-state index in [0.717, 1.165) is 5.92 Å². The molecule has 1 aliphatic rings. The minimum Gasteiger partial charge on any atom is -0.317 e. The molecule has 0 heterocycles. The molecular weight excluding hydrogens is 230 g/mol. The van der Waals surface area contributed by atoms with Crippen LogP contribution in [0.25, 0.3) is 0 Å². The fourth-order valence-corrected chi connectivity index (χ4v) is 3.80. The Morgan fingerprint density at radius 1 is 1.00 bits per heavy atom. The highest BCUT2D eigenvalue weighted by atomic mass is 14.9. The van der Waals surface area contributed by atoms with Gasteiger partial charge < -0.3 is 5.32 Å². The standard InChI is InChI=1S/C18H29N/c1-13-10-14(2)17(15(3)11-13)12-16-8-6-5-7-9-18(16)19-4/h10-11,16,18-19H,5-9,12H2,1-4H3. The monoisotopic (exact) mass is 259 g/mol. The molecule has 2 rings (SSSR count). The van der Waals surface area contributed by atoms with E-state index in [-0.39, 0.29) is 0 Å². The zero-order valence-corrected chi connectivity index (χ0v) is 13.1. The predicted molar refractivity (Wildman–Crippen MR) is 83.8 cm³/mol. The highest BCUT2D eigenvalue weighted by molar-refractivity contribution is 5.37. The lowest BCUT2D eigenvalue weighted by atomic mass is 9.85. The Morgan fingerprint density at radius 2 is 1.63 bits per heavy atom. The van der Waals surface area contributed by atoms with Crippen LogP contribution in [0.1, 0.15) is 54.4 Å². The van der Waals surface area contributed by atoms with E-state index in [1.165, 1.54) is 55.2 Å². The molecule has 0 amide bonds. The van der Waals surface area contributed by atoms with Gasteiger partial charge in [0, 0.05) is 6.04 Å². The minimum atomic E-state index is 0.711. The summed E-state index contributed by atoms with van der Waals surface area (Å²) in [5.74, 6) is 0.813. The van der Waals surface area contributed by atoms with E-state index in [1.54, 1.807) is 5.56 Å². The molecule has 1 aromatic rings. The van der Waals surface area contributed by atoms with Crippen molar-refractivity contribution in [3.63, 3.8) is 0 Å². The Kier molecular flexibility index (Phi) is 5.04. The van der Waals surface area contributed by atoms with E-state index < -0.39 is 0 Å². The van der Waals surface area contributed by atoms with Crippen LogP contribution < -0.4 is 5.32 Å². The lowest BCUT2D eigenvalue weighted by Crippen LogP contribution is -2.34. The first kappa shape index (κ1) is 14.6. The van der Waals surface area contributed by atoms with Crippen LogP contribution in [0.2, 0.25) is 0 Å². The smallest absolute Gasteiger partial charge is 0.00955 e. The van der Waals surface area contributed by atoms with Crippen LogP contribution in [0.5, 0.6) is 0 Å². The normalized spacial score (nSPS) is 24.2. The Morgan fingerprint density at radius 3 is 2.26 bits per heavy atom. The van der Waals surface area contributed by atoms with Crippen molar-refractivity contribution in [3.05, 3.63) is 34.4 Å². The zero-order valence-electron chi connectivity index (χ0n) is 13.1. The van der Waals surface area contributed by atoms with Gasteiger partial charge in [0.25, 0.3) is 0 Å². The highest BCUT2D eigenvalue weighted by Crippen LogP contribution is 2.29. The van der Waals surface area contributed by atoms with Crippen LogP contribution in [0, 0.1) is 26.7 Å². The van der Waals surface area contributed by atoms with Gasteiger partial charge in [-0.2, -0.15) is 0 Å². The molecule has 1 aliphatic carbocycles. The van der Waals surface area contributed by atoms with Crippen molar-refractivity contribution in [3.8, 4) is 0 Å². The van der Waals surface area contributed by atoms with Crippen LogP contribution in [0.4, 0.5) is 0 Å². The minimum absolute atomic E-state index is 0.711.